The summed E-state index contributed by atoms with van der Waals surface area (Å²) in [7, 11) is -3.36. The van der Waals surface area contributed by atoms with Crippen LogP contribution in [0.1, 0.15) is 88.0 Å². The van der Waals surface area contributed by atoms with Crippen LogP contribution in [0.5, 0.6) is 0 Å². The van der Waals surface area contributed by atoms with Gasteiger partial charge in [-0.2, -0.15) is 5.06 Å². The highest BCUT2D eigenvalue weighted by atomic mass is 31.2. The molecule has 1 atom stereocenters. The molecule has 0 fully saturated rings. The Hall–Kier alpha value is 0.0700. The maximum absolute atomic E-state index is 13.6. The molecule has 0 aliphatic heterocycles. The highest BCUT2D eigenvalue weighted by molar-refractivity contribution is 7.54. The van der Waals surface area contributed by atoms with Gasteiger partial charge < -0.3 is 9.05 Å². The molecule has 0 aromatic rings. The first-order valence-corrected chi connectivity index (χ1v) is 11.4. The van der Waals surface area contributed by atoms with Crippen molar-refractivity contribution in [3.63, 3.8) is 0 Å². The zero-order chi connectivity index (χ0) is 19.7. The van der Waals surface area contributed by atoms with Crippen LogP contribution in [0.3, 0.4) is 0 Å². The lowest BCUT2D eigenvalue weighted by atomic mass is 9.94. The molecule has 0 rings (SSSR count). The largest absolute Gasteiger partial charge is 0.350 e. The standard InChI is InChI=1S/C19H42NO4P/c1-10-13-14-15-16-22-20(19(7,8)9)17(18(4,5)6)25(21,23-11-2)24-12-3/h17H,10-16H2,1-9H3. The second kappa shape index (κ2) is 11.0. The summed E-state index contributed by atoms with van der Waals surface area (Å²) in [6.07, 6.45) is 4.53. The van der Waals surface area contributed by atoms with Gasteiger partial charge in [-0.1, -0.05) is 47.0 Å². The zero-order valence-corrected chi connectivity index (χ0v) is 18.9. The highest BCUT2D eigenvalue weighted by Gasteiger charge is 2.51. The van der Waals surface area contributed by atoms with Crippen molar-refractivity contribution in [2.75, 3.05) is 19.8 Å². The summed E-state index contributed by atoms with van der Waals surface area (Å²) < 4.78 is 25.0. The van der Waals surface area contributed by atoms with E-state index in [4.69, 9.17) is 13.9 Å². The summed E-state index contributed by atoms with van der Waals surface area (Å²) >= 11 is 0. The monoisotopic (exact) mass is 379 g/mol. The average molecular weight is 380 g/mol. The number of hydrogen-bond acceptors (Lipinski definition) is 5. The quantitative estimate of drug-likeness (QED) is 0.228. The van der Waals surface area contributed by atoms with Gasteiger partial charge in [0.2, 0.25) is 0 Å². The molecule has 6 heteroatoms. The second-order valence-electron chi connectivity index (χ2n) is 8.51. The molecule has 152 valence electrons. The van der Waals surface area contributed by atoms with Crippen LogP contribution in [0.15, 0.2) is 0 Å². The lowest BCUT2D eigenvalue weighted by Crippen LogP contribution is -2.53. The fourth-order valence-corrected chi connectivity index (χ4v) is 5.51. The minimum absolute atomic E-state index is 0.327. The summed E-state index contributed by atoms with van der Waals surface area (Å²) in [6.45, 7) is 19.6. The Balaban J connectivity index is 5.60. The first kappa shape index (κ1) is 25.1. The summed E-state index contributed by atoms with van der Waals surface area (Å²) in [5.41, 5.74) is -0.664. The summed E-state index contributed by atoms with van der Waals surface area (Å²) in [5.74, 6) is -0.480. The van der Waals surface area contributed by atoms with Gasteiger partial charge in [0.1, 0.15) is 5.78 Å². The SMILES string of the molecule is CCCCCCON(C(C(C)(C)C)P(=O)(OCC)OCC)C(C)(C)C. The van der Waals surface area contributed by atoms with E-state index in [1.54, 1.807) is 0 Å². The fraction of sp³-hybridized carbons (Fsp3) is 1.00. The van der Waals surface area contributed by atoms with Crippen molar-refractivity contribution in [1.29, 1.82) is 0 Å². The number of hydrogen-bond donors (Lipinski definition) is 0. The molecule has 0 aliphatic rings. The molecule has 0 aromatic heterocycles. The van der Waals surface area contributed by atoms with Gasteiger partial charge in [-0.05, 0) is 46.5 Å². The molecule has 0 saturated heterocycles. The van der Waals surface area contributed by atoms with Crippen molar-refractivity contribution >= 4 is 7.60 Å². The van der Waals surface area contributed by atoms with Crippen LogP contribution < -0.4 is 0 Å². The maximum Gasteiger partial charge on any atom is 0.350 e. The van der Waals surface area contributed by atoms with Crippen molar-refractivity contribution in [1.82, 2.24) is 5.06 Å². The van der Waals surface area contributed by atoms with Crippen molar-refractivity contribution in [2.45, 2.75) is 99.3 Å². The summed E-state index contributed by atoms with van der Waals surface area (Å²) in [6, 6.07) is 0. The van der Waals surface area contributed by atoms with E-state index in [0.29, 0.717) is 19.8 Å². The summed E-state index contributed by atoms with van der Waals surface area (Å²) in [4.78, 5) is 6.18. The Morgan fingerprint density at radius 1 is 0.880 bits per heavy atom. The van der Waals surface area contributed by atoms with Crippen LogP contribution in [-0.2, 0) is 18.5 Å². The van der Waals surface area contributed by atoms with Gasteiger partial charge in [0.15, 0.2) is 0 Å². The smallest absolute Gasteiger partial charge is 0.308 e. The molecule has 1 unspecified atom stereocenters. The molecule has 0 aliphatic carbocycles. The molecule has 0 bridgehead atoms. The van der Waals surface area contributed by atoms with Gasteiger partial charge in [0, 0.05) is 5.54 Å². The van der Waals surface area contributed by atoms with Crippen LogP contribution in [0.2, 0.25) is 0 Å². The van der Waals surface area contributed by atoms with Crippen LogP contribution in [0, 0.1) is 5.41 Å². The Bertz CT molecular complexity index is 391. The third kappa shape index (κ3) is 8.53. The first-order chi connectivity index (χ1) is 11.4. The van der Waals surface area contributed by atoms with Crippen molar-refractivity contribution in [3.05, 3.63) is 0 Å². The molecule has 25 heavy (non-hydrogen) atoms. The predicted molar refractivity (Wildman–Crippen MR) is 106 cm³/mol. The molecule has 0 heterocycles. The molecule has 0 aromatic carbocycles. The predicted octanol–water partition coefficient (Wildman–Crippen LogP) is 6.24. The molecule has 0 spiro atoms. The number of hydroxylamine groups is 2. The molecular formula is C19H42NO4P. The number of unbranched alkanes of at least 4 members (excludes halogenated alkanes) is 3. The van der Waals surface area contributed by atoms with E-state index in [9.17, 15) is 4.57 Å². The van der Waals surface area contributed by atoms with E-state index in [-0.39, 0.29) is 11.0 Å². The molecule has 0 radical (unpaired) electrons. The minimum Gasteiger partial charge on any atom is -0.308 e. The summed E-state index contributed by atoms with van der Waals surface area (Å²) in [5, 5.41) is 1.87. The van der Waals surface area contributed by atoms with Crippen LogP contribution in [0.25, 0.3) is 0 Å². The van der Waals surface area contributed by atoms with Gasteiger partial charge >= 0.3 is 7.60 Å². The minimum atomic E-state index is -3.36. The normalized spacial score (nSPS) is 15.0. The molecule has 5 nitrogen and oxygen atoms in total. The molecule has 0 saturated carbocycles. The van der Waals surface area contributed by atoms with Crippen LogP contribution >= 0.6 is 7.60 Å². The maximum atomic E-state index is 13.6. The lowest BCUT2D eigenvalue weighted by Gasteiger charge is -2.47. The Labute approximate surface area is 156 Å². The first-order valence-electron chi connectivity index (χ1n) is 9.75. The lowest BCUT2D eigenvalue weighted by molar-refractivity contribution is -0.238. The van der Waals surface area contributed by atoms with E-state index >= 15 is 0 Å². The van der Waals surface area contributed by atoms with E-state index in [1.165, 1.54) is 12.8 Å². The van der Waals surface area contributed by atoms with Gasteiger partial charge in [-0.25, -0.2) is 0 Å². The highest BCUT2D eigenvalue weighted by Crippen LogP contribution is 2.60. The Kier molecular flexibility index (Phi) is 11.1. The van der Waals surface area contributed by atoms with Crippen LogP contribution in [0.4, 0.5) is 0 Å². The topological polar surface area (TPSA) is 48.0 Å². The Morgan fingerprint density at radius 3 is 1.76 bits per heavy atom. The van der Waals surface area contributed by atoms with E-state index in [2.05, 4.69) is 48.5 Å². The van der Waals surface area contributed by atoms with E-state index in [0.717, 1.165) is 12.8 Å². The van der Waals surface area contributed by atoms with Gasteiger partial charge in [0.05, 0.1) is 19.8 Å². The third-order valence-electron chi connectivity index (χ3n) is 3.80. The molecular weight excluding hydrogens is 337 g/mol. The zero-order valence-electron chi connectivity index (χ0n) is 18.1. The van der Waals surface area contributed by atoms with Gasteiger partial charge in [-0.15, -0.1) is 0 Å². The van der Waals surface area contributed by atoms with Crippen molar-refractivity contribution < 1.29 is 18.5 Å². The van der Waals surface area contributed by atoms with E-state index < -0.39 is 13.4 Å². The van der Waals surface area contributed by atoms with Gasteiger partial charge in [-0.3, -0.25) is 9.40 Å². The number of rotatable bonds is 12. The fourth-order valence-electron chi connectivity index (χ4n) is 2.82. The number of nitrogens with zero attached hydrogens (tertiary/aromatic N) is 1. The van der Waals surface area contributed by atoms with Crippen LogP contribution in [-0.4, -0.2) is 36.2 Å². The molecule has 0 amide bonds. The Morgan fingerprint density at radius 2 is 1.40 bits per heavy atom. The van der Waals surface area contributed by atoms with Crippen molar-refractivity contribution in [2.24, 2.45) is 5.41 Å². The van der Waals surface area contributed by atoms with Crippen molar-refractivity contribution in [3.8, 4) is 0 Å². The van der Waals surface area contributed by atoms with Gasteiger partial charge in [0.25, 0.3) is 0 Å². The molecule has 0 N–H and O–H groups in total. The second-order valence-corrected chi connectivity index (χ2v) is 10.6. The van der Waals surface area contributed by atoms with E-state index in [1.807, 2.05) is 18.9 Å². The average Bonchev–Trinajstić information content (AvgIpc) is 2.43. The third-order valence-corrected chi connectivity index (χ3v) is 6.62.